The molecule has 1 heterocycles. The van der Waals surface area contributed by atoms with Crippen LogP contribution in [0.15, 0.2) is 0 Å². The van der Waals surface area contributed by atoms with Gasteiger partial charge in [0.25, 0.3) is 0 Å². The molecule has 0 aromatic heterocycles. The van der Waals surface area contributed by atoms with Crippen LogP contribution in [0.1, 0.15) is 32.1 Å². The normalized spacial score (nSPS) is 16.8. The number of carboxylic acid groups (broad SMARTS) is 2. The van der Waals surface area contributed by atoms with Crippen molar-refractivity contribution in [3.05, 3.63) is 0 Å². The van der Waals surface area contributed by atoms with Crippen molar-refractivity contribution in [3.63, 3.8) is 0 Å². The first-order valence-corrected chi connectivity index (χ1v) is 5.45. The van der Waals surface area contributed by atoms with Crippen LogP contribution in [0.5, 0.6) is 0 Å². The second kappa shape index (κ2) is 9.11. The summed E-state index contributed by atoms with van der Waals surface area (Å²) in [5.74, 6) is -2.20. The predicted molar refractivity (Wildman–Crippen MR) is 59.2 cm³/mol. The first-order valence-electron chi connectivity index (χ1n) is 5.45. The van der Waals surface area contributed by atoms with Gasteiger partial charge in [-0.2, -0.15) is 0 Å². The fraction of sp³-hybridized carbons (Fsp3) is 0.800. The summed E-state index contributed by atoms with van der Waals surface area (Å²) in [6, 6.07) is -1.06. The van der Waals surface area contributed by atoms with E-state index < -0.39 is 18.0 Å². The Kier molecular flexibility index (Phi) is 8.46. The third kappa shape index (κ3) is 9.42. The first kappa shape index (κ1) is 14.9. The van der Waals surface area contributed by atoms with Crippen molar-refractivity contribution in [1.82, 2.24) is 5.32 Å². The number of nitrogens with two attached hydrogens (primary N) is 1. The average Bonchev–Trinajstić information content (AvgIpc) is 2.28. The van der Waals surface area contributed by atoms with Gasteiger partial charge in [-0.3, -0.25) is 9.59 Å². The van der Waals surface area contributed by atoms with E-state index in [1.807, 2.05) is 0 Å². The molecule has 1 atom stereocenters. The minimum atomic E-state index is -1.17. The molecule has 1 saturated heterocycles. The summed E-state index contributed by atoms with van der Waals surface area (Å²) in [4.78, 5) is 19.9. The number of carbonyl (C=O) groups is 2. The molecule has 0 aliphatic carbocycles. The molecule has 0 spiro atoms. The highest BCUT2D eigenvalue weighted by Crippen LogP contribution is 1.96. The molecule has 0 bridgehead atoms. The van der Waals surface area contributed by atoms with E-state index >= 15 is 0 Å². The van der Waals surface area contributed by atoms with Gasteiger partial charge < -0.3 is 21.3 Å². The number of piperidine rings is 1. The van der Waals surface area contributed by atoms with Gasteiger partial charge in [0.05, 0.1) is 0 Å². The fourth-order valence-electron chi connectivity index (χ4n) is 1.20. The molecule has 0 amide bonds. The highest BCUT2D eigenvalue weighted by molar-refractivity contribution is 5.74. The van der Waals surface area contributed by atoms with E-state index in [9.17, 15) is 9.59 Å². The van der Waals surface area contributed by atoms with E-state index in [0.29, 0.717) is 0 Å². The molecule has 1 unspecified atom stereocenters. The summed E-state index contributed by atoms with van der Waals surface area (Å²) < 4.78 is 0. The van der Waals surface area contributed by atoms with E-state index in [0.717, 1.165) is 0 Å². The van der Waals surface area contributed by atoms with Gasteiger partial charge in [0.1, 0.15) is 6.04 Å². The highest BCUT2D eigenvalue weighted by Gasteiger charge is 2.12. The zero-order valence-electron chi connectivity index (χ0n) is 9.32. The van der Waals surface area contributed by atoms with Gasteiger partial charge in [0.15, 0.2) is 0 Å². The van der Waals surface area contributed by atoms with Gasteiger partial charge >= 0.3 is 11.9 Å². The van der Waals surface area contributed by atoms with Gasteiger partial charge in [-0.25, -0.2) is 0 Å². The lowest BCUT2D eigenvalue weighted by Crippen LogP contribution is -2.30. The molecule has 6 heteroatoms. The quantitative estimate of drug-likeness (QED) is 0.543. The molecule has 1 fully saturated rings. The van der Waals surface area contributed by atoms with Crippen LogP contribution in [0, 0.1) is 0 Å². The van der Waals surface area contributed by atoms with Crippen LogP contribution in [0.25, 0.3) is 0 Å². The lowest BCUT2D eigenvalue weighted by atomic mass is 10.2. The highest BCUT2D eigenvalue weighted by atomic mass is 16.4. The molecule has 5 N–H and O–H groups in total. The molecule has 0 aromatic carbocycles. The van der Waals surface area contributed by atoms with E-state index in [1.54, 1.807) is 0 Å². The third-order valence-corrected chi connectivity index (χ3v) is 2.19. The number of hydrogen-bond acceptors (Lipinski definition) is 4. The maximum absolute atomic E-state index is 9.99. The summed E-state index contributed by atoms with van der Waals surface area (Å²) in [7, 11) is 0. The van der Waals surface area contributed by atoms with Crippen LogP contribution >= 0.6 is 0 Å². The van der Waals surface area contributed by atoms with Crippen LogP contribution < -0.4 is 11.1 Å². The fourth-order valence-corrected chi connectivity index (χ4v) is 1.20. The molecule has 16 heavy (non-hydrogen) atoms. The Morgan fingerprint density at radius 3 is 2.00 bits per heavy atom. The lowest BCUT2D eigenvalue weighted by Gasteiger charge is -2.08. The summed E-state index contributed by atoms with van der Waals surface area (Å²) >= 11 is 0. The van der Waals surface area contributed by atoms with E-state index in [2.05, 4.69) is 5.32 Å². The molecule has 0 saturated carbocycles. The summed E-state index contributed by atoms with van der Waals surface area (Å²) in [5, 5.41) is 19.6. The van der Waals surface area contributed by atoms with Crippen LogP contribution in [0.3, 0.4) is 0 Å². The minimum absolute atomic E-state index is 0.0231. The number of carboxylic acids is 2. The molecule has 1 rings (SSSR count). The standard InChI is InChI=1S/C5H9NO4.C5H11N/c6-3(5(9)10)1-2-4(7)8;1-2-4-6-5-3-1/h3H,1-2,6H2,(H,7,8)(H,9,10);6H,1-5H2. The van der Waals surface area contributed by atoms with Crippen LogP contribution in [0.4, 0.5) is 0 Å². The first-order chi connectivity index (χ1) is 7.54. The van der Waals surface area contributed by atoms with Gasteiger partial charge in [-0.15, -0.1) is 0 Å². The Balaban J connectivity index is 0.000000315. The zero-order chi connectivity index (χ0) is 12.4. The Morgan fingerprint density at radius 2 is 1.75 bits per heavy atom. The molecule has 94 valence electrons. The lowest BCUT2D eigenvalue weighted by molar-refractivity contribution is -0.139. The van der Waals surface area contributed by atoms with Crippen LogP contribution in [-0.2, 0) is 9.59 Å². The third-order valence-electron chi connectivity index (χ3n) is 2.19. The molecular formula is C10H20N2O4. The van der Waals surface area contributed by atoms with Gasteiger partial charge in [0.2, 0.25) is 0 Å². The van der Waals surface area contributed by atoms with Crippen molar-refractivity contribution in [2.24, 2.45) is 5.73 Å². The van der Waals surface area contributed by atoms with Crippen LogP contribution in [0.2, 0.25) is 0 Å². The number of aliphatic carboxylic acids is 2. The summed E-state index contributed by atoms with van der Waals surface area (Å²) in [6.07, 6.45) is 3.99. The monoisotopic (exact) mass is 232 g/mol. The Labute approximate surface area is 94.8 Å². The van der Waals surface area contributed by atoms with E-state index in [4.69, 9.17) is 15.9 Å². The number of nitrogens with one attached hydrogen (secondary N) is 1. The average molecular weight is 232 g/mol. The number of rotatable bonds is 4. The number of hydrogen-bond donors (Lipinski definition) is 4. The molecule has 1 aliphatic heterocycles. The molecule has 0 aromatic rings. The Morgan fingerprint density at radius 1 is 1.19 bits per heavy atom. The predicted octanol–water partition coefficient (Wildman–Crippen LogP) is 0.0230. The van der Waals surface area contributed by atoms with Gasteiger partial charge in [-0.05, 0) is 32.4 Å². The van der Waals surface area contributed by atoms with E-state index in [1.165, 1.54) is 32.4 Å². The molecule has 6 nitrogen and oxygen atoms in total. The molecular weight excluding hydrogens is 212 g/mol. The van der Waals surface area contributed by atoms with Gasteiger partial charge in [0, 0.05) is 6.42 Å². The maximum atomic E-state index is 9.99. The van der Waals surface area contributed by atoms with Crippen molar-refractivity contribution >= 4 is 11.9 Å². The minimum Gasteiger partial charge on any atom is -0.481 e. The SMILES string of the molecule is C1CCNCC1.NC(CCC(=O)O)C(=O)O. The van der Waals surface area contributed by atoms with Crippen molar-refractivity contribution in [1.29, 1.82) is 0 Å². The van der Waals surface area contributed by atoms with Crippen LogP contribution in [-0.4, -0.2) is 41.3 Å². The summed E-state index contributed by atoms with van der Waals surface area (Å²) in [5.41, 5.74) is 5.00. The maximum Gasteiger partial charge on any atom is 0.320 e. The smallest absolute Gasteiger partial charge is 0.320 e. The molecule has 1 aliphatic rings. The second-order valence-electron chi connectivity index (χ2n) is 3.69. The van der Waals surface area contributed by atoms with Crippen molar-refractivity contribution < 1.29 is 19.8 Å². The Hall–Kier alpha value is -1.14. The molecule has 0 radical (unpaired) electrons. The van der Waals surface area contributed by atoms with E-state index in [-0.39, 0.29) is 12.8 Å². The van der Waals surface area contributed by atoms with Gasteiger partial charge in [-0.1, -0.05) is 6.42 Å². The zero-order valence-corrected chi connectivity index (χ0v) is 9.32. The second-order valence-corrected chi connectivity index (χ2v) is 3.69. The van der Waals surface area contributed by atoms with Crippen molar-refractivity contribution in [2.45, 2.75) is 38.1 Å². The largest absolute Gasteiger partial charge is 0.481 e. The Bertz CT molecular complexity index is 205. The summed E-state index contributed by atoms with van der Waals surface area (Å²) in [6.45, 7) is 2.50. The topological polar surface area (TPSA) is 113 Å². The van der Waals surface area contributed by atoms with Crippen molar-refractivity contribution in [3.8, 4) is 0 Å². The van der Waals surface area contributed by atoms with Crippen molar-refractivity contribution in [2.75, 3.05) is 13.1 Å².